The van der Waals surface area contributed by atoms with Crippen molar-refractivity contribution in [3.8, 4) is 0 Å². The van der Waals surface area contributed by atoms with Gasteiger partial charge >= 0.3 is 12.1 Å². The van der Waals surface area contributed by atoms with Gasteiger partial charge in [0.15, 0.2) is 0 Å². The number of hydrogen-bond acceptors (Lipinski definition) is 4. The van der Waals surface area contributed by atoms with E-state index in [1.807, 2.05) is 0 Å². The Hall–Kier alpha value is -1.26. The molecule has 0 aliphatic heterocycles. The van der Waals surface area contributed by atoms with E-state index in [2.05, 4.69) is 12.2 Å². The molecule has 2 aliphatic rings. The van der Waals surface area contributed by atoms with Gasteiger partial charge < -0.3 is 14.8 Å². The smallest absolute Gasteiger partial charge is 0.407 e. The van der Waals surface area contributed by atoms with Crippen LogP contribution in [0, 0.1) is 11.8 Å². The van der Waals surface area contributed by atoms with E-state index < -0.39 is 0 Å². The lowest BCUT2D eigenvalue weighted by Crippen LogP contribution is -2.41. The van der Waals surface area contributed by atoms with E-state index in [-0.39, 0.29) is 17.7 Å². The number of carbonyl (C=O) groups excluding carboxylic acids is 2. The summed E-state index contributed by atoms with van der Waals surface area (Å²) in [6.07, 6.45) is 5.21. The van der Waals surface area contributed by atoms with Crippen LogP contribution in [0.3, 0.4) is 0 Å². The van der Waals surface area contributed by atoms with Crippen LogP contribution in [0.2, 0.25) is 0 Å². The number of ether oxygens (including phenoxy) is 2. The van der Waals surface area contributed by atoms with E-state index in [1.165, 1.54) is 19.3 Å². The van der Waals surface area contributed by atoms with Crippen LogP contribution >= 0.6 is 0 Å². The van der Waals surface area contributed by atoms with Crippen molar-refractivity contribution >= 4 is 12.1 Å². The highest BCUT2D eigenvalue weighted by Gasteiger charge is 2.50. The number of alkyl carbamates (subject to hydrolysis) is 1. The predicted molar refractivity (Wildman–Crippen MR) is 74.2 cm³/mol. The van der Waals surface area contributed by atoms with Gasteiger partial charge in [0, 0.05) is 13.0 Å². The standard InChI is InChI=1S/C15H25NO4/c1-3-19-13(17)5-4-8-16-14(18)20-15(2)10-11-6-7-12(15)9-11/h11-12H,3-10H2,1-2H3,(H,16,18). The maximum atomic E-state index is 11.8. The summed E-state index contributed by atoms with van der Waals surface area (Å²) in [6, 6.07) is 0. The second-order valence-corrected chi connectivity index (χ2v) is 6.12. The molecule has 2 bridgehead atoms. The molecule has 0 aromatic rings. The fourth-order valence-electron chi connectivity index (χ4n) is 3.58. The Morgan fingerprint density at radius 2 is 2.15 bits per heavy atom. The molecule has 3 atom stereocenters. The zero-order chi connectivity index (χ0) is 14.6. The van der Waals surface area contributed by atoms with Crippen LogP contribution in [0.5, 0.6) is 0 Å². The first-order chi connectivity index (χ1) is 9.53. The molecule has 114 valence electrons. The molecule has 0 saturated heterocycles. The molecular weight excluding hydrogens is 258 g/mol. The largest absolute Gasteiger partial charge is 0.466 e. The normalized spacial score (nSPS) is 31.1. The number of hydrogen-bond donors (Lipinski definition) is 1. The summed E-state index contributed by atoms with van der Waals surface area (Å²) in [5, 5.41) is 2.72. The summed E-state index contributed by atoms with van der Waals surface area (Å²) in [5.41, 5.74) is -0.284. The van der Waals surface area contributed by atoms with Gasteiger partial charge in [0.25, 0.3) is 0 Å². The molecule has 5 heteroatoms. The number of amides is 1. The first-order valence-electron chi connectivity index (χ1n) is 7.66. The Bertz CT molecular complexity index is 371. The molecule has 0 radical (unpaired) electrons. The zero-order valence-corrected chi connectivity index (χ0v) is 12.4. The summed E-state index contributed by atoms with van der Waals surface area (Å²) in [5.74, 6) is 1.04. The quantitative estimate of drug-likeness (QED) is 0.601. The van der Waals surface area contributed by atoms with Gasteiger partial charge in [0.05, 0.1) is 6.61 Å². The molecule has 0 heterocycles. The molecule has 1 amide bonds. The highest BCUT2D eigenvalue weighted by atomic mass is 16.6. The van der Waals surface area contributed by atoms with Crippen molar-refractivity contribution in [1.82, 2.24) is 5.32 Å². The molecule has 0 aromatic carbocycles. The van der Waals surface area contributed by atoms with E-state index in [1.54, 1.807) is 6.92 Å². The van der Waals surface area contributed by atoms with Crippen LogP contribution in [-0.2, 0) is 14.3 Å². The lowest BCUT2D eigenvalue weighted by Gasteiger charge is -2.33. The van der Waals surface area contributed by atoms with E-state index in [4.69, 9.17) is 9.47 Å². The Balaban J connectivity index is 1.62. The number of carbonyl (C=O) groups is 2. The van der Waals surface area contributed by atoms with Crippen LogP contribution < -0.4 is 5.32 Å². The van der Waals surface area contributed by atoms with Crippen molar-refractivity contribution in [3.63, 3.8) is 0 Å². The van der Waals surface area contributed by atoms with E-state index in [0.717, 1.165) is 12.3 Å². The maximum absolute atomic E-state index is 11.8. The Morgan fingerprint density at radius 3 is 2.75 bits per heavy atom. The fraction of sp³-hybridized carbons (Fsp3) is 0.867. The summed E-state index contributed by atoms with van der Waals surface area (Å²) in [6.45, 7) is 4.68. The Kier molecular flexibility index (Phi) is 4.89. The molecule has 0 aromatic heterocycles. The first-order valence-corrected chi connectivity index (χ1v) is 7.66. The minimum absolute atomic E-state index is 0.220. The zero-order valence-electron chi connectivity index (χ0n) is 12.4. The van der Waals surface area contributed by atoms with Crippen LogP contribution in [0.15, 0.2) is 0 Å². The average Bonchev–Trinajstić information content (AvgIpc) is 2.94. The number of fused-ring (bicyclic) bond motifs is 2. The van der Waals surface area contributed by atoms with Gasteiger partial charge in [-0.2, -0.15) is 0 Å². The molecule has 3 unspecified atom stereocenters. The topological polar surface area (TPSA) is 64.6 Å². The van der Waals surface area contributed by atoms with Crippen LogP contribution in [-0.4, -0.2) is 30.8 Å². The van der Waals surface area contributed by atoms with E-state index in [0.29, 0.717) is 31.9 Å². The lowest BCUT2D eigenvalue weighted by molar-refractivity contribution is -0.143. The fourth-order valence-corrected chi connectivity index (χ4v) is 3.58. The molecule has 20 heavy (non-hydrogen) atoms. The van der Waals surface area contributed by atoms with Crippen molar-refractivity contribution in [1.29, 1.82) is 0 Å². The summed E-state index contributed by atoms with van der Waals surface area (Å²) < 4.78 is 10.4. The van der Waals surface area contributed by atoms with E-state index >= 15 is 0 Å². The molecule has 2 saturated carbocycles. The summed E-state index contributed by atoms with van der Waals surface area (Å²) >= 11 is 0. The van der Waals surface area contributed by atoms with Crippen LogP contribution in [0.1, 0.15) is 52.4 Å². The van der Waals surface area contributed by atoms with Crippen molar-refractivity contribution in [2.45, 2.75) is 58.0 Å². The SMILES string of the molecule is CCOC(=O)CCCNC(=O)OC1(C)CC2CCC1C2. The van der Waals surface area contributed by atoms with E-state index in [9.17, 15) is 9.59 Å². The number of esters is 1. The van der Waals surface area contributed by atoms with Crippen LogP contribution in [0.25, 0.3) is 0 Å². The number of rotatable bonds is 6. The predicted octanol–water partition coefficient (Wildman–Crippen LogP) is 2.63. The van der Waals surface area contributed by atoms with Crippen molar-refractivity contribution in [3.05, 3.63) is 0 Å². The Morgan fingerprint density at radius 1 is 1.35 bits per heavy atom. The summed E-state index contributed by atoms with van der Waals surface area (Å²) in [7, 11) is 0. The monoisotopic (exact) mass is 283 g/mol. The van der Waals surface area contributed by atoms with Crippen molar-refractivity contribution in [2.75, 3.05) is 13.2 Å². The lowest BCUT2D eigenvalue weighted by atomic mass is 9.86. The molecule has 0 spiro atoms. The van der Waals surface area contributed by atoms with Gasteiger partial charge in [0.1, 0.15) is 5.60 Å². The molecule has 2 rings (SSSR count). The number of nitrogens with one attached hydrogen (secondary N) is 1. The highest BCUT2D eigenvalue weighted by molar-refractivity contribution is 5.70. The minimum atomic E-state index is -0.357. The molecular formula is C15H25NO4. The maximum Gasteiger partial charge on any atom is 0.407 e. The first kappa shape index (κ1) is 15.1. The molecule has 2 aliphatic carbocycles. The minimum Gasteiger partial charge on any atom is -0.466 e. The van der Waals surface area contributed by atoms with Crippen molar-refractivity contribution in [2.24, 2.45) is 11.8 Å². The van der Waals surface area contributed by atoms with Gasteiger partial charge in [-0.05, 0) is 57.8 Å². The third-order valence-electron chi connectivity index (χ3n) is 4.56. The molecule has 1 N–H and O–H groups in total. The molecule has 2 fully saturated rings. The Labute approximate surface area is 120 Å². The van der Waals surface area contributed by atoms with Crippen molar-refractivity contribution < 1.29 is 19.1 Å². The molecule has 5 nitrogen and oxygen atoms in total. The van der Waals surface area contributed by atoms with Gasteiger partial charge in [-0.1, -0.05) is 0 Å². The van der Waals surface area contributed by atoms with Crippen LogP contribution in [0.4, 0.5) is 4.79 Å². The van der Waals surface area contributed by atoms with Gasteiger partial charge in [-0.15, -0.1) is 0 Å². The third kappa shape index (κ3) is 3.64. The van der Waals surface area contributed by atoms with Gasteiger partial charge in [0.2, 0.25) is 0 Å². The summed E-state index contributed by atoms with van der Waals surface area (Å²) in [4.78, 5) is 22.9. The third-order valence-corrected chi connectivity index (χ3v) is 4.56. The van der Waals surface area contributed by atoms with Gasteiger partial charge in [-0.25, -0.2) is 4.79 Å². The second-order valence-electron chi connectivity index (χ2n) is 6.12. The second kappa shape index (κ2) is 6.46. The van der Waals surface area contributed by atoms with Gasteiger partial charge in [-0.3, -0.25) is 4.79 Å². The highest BCUT2D eigenvalue weighted by Crippen LogP contribution is 2.52. The average molecular weight is 283 g/mol.